The first-order chi connectivity index (χ1) is 13.6. The Balaban J connectivity index is 1.56. The third kappa shape index (κ3) is 4.89. The molecule has 3 N–H and O–H groups in total. The number of hydrogen-bond acceptors (Lipinski definition) is 8. The number of nitrogens with two attached hydrogens (primary N) is 1. The zero-order valence-electron chi connectivity index (χ0n) is 15.5. The Morgan fingerprint density at radius 3 is 2.61 bits per heavy atom. The largest absolute Gasteiger partial charge is 0.497 e. The zero-order chi connectivity index (χ0) is 19.9. The number of nitrogens with one attached hydrogen (secondary N) is 1. The number of nitrogen functional groups attached to an aromatic ring is 1. The maximum Gasteiger partial charge on any atom is 0.264 e. The van der Waals surface area contributed by atoms with Crippen LogP contribution in [0.5, 0.6) is 5.75 Å². The van der Waals surface area contributed by atoms with Gasteiger partial charge in [-0.25, -0.2) is 10.1 Å². The molecule has 9 heteroatoms. The van der Waals surface area contributed by atoms with E-state index in [4.69, 9.17) is 10.6 Å². The van der Waals surface area contributed by atoms with Crippen LogP contribution in [-0.4, -0.2) is 39.7 Å². The molecule has 0 fully saturated rings. The van der Waals surface area contributed by atoms with Crippen molar-refractivity contribution in [2.75, 3.05) is 24.1 Å². The number of benzene rings is 2. The molecule has 0 saturated carbocycles. The average molecular weight is 396 g/mol. The predicted molar refractivity (Wildman–Crippen MR) is 111 cm³/mol. The number of carbonyl (C=O) groups excluding carboxylic acids is 1. The molecule has 2 aromatic carbocycles. The van der Waals surface area contributed by atoms with Gasteiger partial charge in [-0.05, 0) is 36.8 Å². The monoisotopic (exact) mass is 396 g/mol. The smallest absolute Gasteiger partial charge is 0.264 e. The summed E-state index contributed by atoms with van der Waals surface area (Å²) in [4.78, 5) is 12.3. The molecule has 0 amide bonds. The van der Waals surface area contributed by atoms with Crippen molar-refractivity contribution in [2.45, 2.75) is 12.1 Å². The third-order valence-corrected chi connectivity index (χ3v) is 4.81. The fraction of sp³-hybridized carbons (Fsp3) is 0.158. The van der Waals surface area contributed by atoms with Crippen molar-refractivity contribution in [1.29, 1.82) is 0 Å². The summed E-state index contributed by atoms with van der Waals surface area (Å²) in [6, 6.07) is 14.9. The minimum atomic E-state index is 0.0000331. The molecular weight excluding hydrogens is 376 g/mol. The second-order valence-corrected chi connectivity index (χ2v) is 6.84. The molecule has 0 aliphatic rings. The SMILES string of the molecule is COc1ccc(/C=N/Nc2nnc(SCC(=O)c3ccc(C)cc3)n2N)cc1. The van der Waals surface area contributed by atoms with E-state index < -0.39 is 0 Å². The van der Waals surface area contributed by atoms with Crippen molar-refractivity contribution in [2.24, 2.45) is 5.10 Å². The molecule has 0 spiro atoms. The zero-order valence-corrected chi connectivity index (χ0v) is 16.3. The number of Topliss-reactive ketones (excluding diaryl/α,β-unsaturated/α-hetero) is 1. The number of nitrogens with zero attached hydrogens (tertiary/aromatic N) is 4. The molecule has 0 saturated heterocycles. The van der Waals surface area contributed by atoms with Crippen LogP contribution in [0, 0.1) is 6.92 Å². The van der Waals surface area contributed by atoms with Crippen LogP contribution in [0.25, 0.3) is 0 Å². The summed E-state index contributed by atoms with van der Waals surface area (Å²) in [5, 5.41) is 12.5. The standard InChI is InChI=1S/C19H20N6O2S/c1-13-3-7-15(8-4-13)17(26)12-28-19-24-23-18(25(19)20)22-21-11-14-5-9-16(27-2)10-6-14/h3-11H,12,20H2,1-2H3,(H,22,23)/b21-11+. The molecular formula is C19H20N6O2S. The van der Waals surface area contributed by atoms with Crippen molar-refractivity contribution in [1.82, 2.24) is 14.9 Å². The number of aromatic nitrogens is 3. The third-order valence-electron chi connectivity index (χ3n) is 3.86. The Hall–Kier alpha value is -3.33. The topological polar surface area (TPSA) is 107 Å². The number of ether oxygens (including phenoxy) is 1. The van der Waals surface area contributed by atoms with Gasteiger partial charge < -0.3 is 10.6 Å². The Morgan fingerprint density at radius 2 is 1.93 bits per heavy atom. The fourth-order valence-corrected chi connectivity index (χ4v) is 3.01. The first-order valence-electron chi connectivity index (χ1n) is 8.43. The van der Waals surface area contributed by atoms with Gasteiger partial charge in [0.2, 0.25) is 5.16 Å². The van der Waals surface area contributed by atoms with Crippen LogP contribution in [0.1, 0.15) is 21.5 Å². The summed E-state index contributed by atoms with van der Waals surface area (Å²) in [5.74, 6) is 7.23. The molecule has 8 nitrogen and oxygen atoms in total. The number of hydrazone groups is 1. The molecule has 3 rings (SSSR count). The molecule has 1 heterocycles. The molecule has 1 aromatic heterocycles. The highest BCUT2D eigenvalue weighted by Gasteiger charge is 2.13. The van der Waals surface area contributed by atoms with E-state index in [1.807, 2.05) is 55.5 Å². The molecule has 0 unspecified atom stereocenters. The fourth-order valence-electron chi connectivity index (χ4n) is 2.26. The minimum Gasteiger partial charge on any atom is -0.497 e. The molecule has 0 aliphatic carbocycles. The number of carbonyl (C=O) groups is 1. The second kappa shape index (κ2) is 9.05. The summed E-state index contributed by atoms with van der Waals surface area (Å²) in [7, 11) is 1.61. The first kappa shape index (κ1) is 19.4. The van der Waals surface area contributed by atoms with Crippen LogP contribution in [-0.2, 0) is 0 Å². The van der Waals surface area contributed by atoms with Gasteiger partial charge in [0.05, 0.1) is 19.1 Å². The summed E-state index contributed by atoms with van der Waals surface area (Å²) in [6.45, 7) is 1.98. The lowest BCUT2D eigenvalue weighted by molar-refractivity contribution is 0.102. The van der Waals surface area contributed by atoms with Gasteiger partial charge in [0.25, 0.3) is 5.95 Å². The lowest BCUT2D eigenvalue weighted by Gasteiger charge is -2.03. The van der Waals surface area contributed by atoms with Gasteiger partial charge in [-0.15, -0.1) is 10.2 Å². The van der Waals surface area contributed by atoms with Crippen molar-refractivity contribution in [3.63, 3.8) is 0 Å². The van der Waals surface area contributed by atoms with Gasteiger partial charge in [0, 0.05) is 5.56 Å². The van der Waals surface area contributed by atoms with E-state index in [1.54, 1.807) is 13.3 Å². The van der Waals surface area contributed by atoms with E-state index in [1.165, 1.54) is 16.4 Å². The van der Waals surface area contributed by atoms with E-state index >= 15 is 0 Å². The molecule has 3 aromatic rings. The molecule has 0 aliphatic heterocycles. The van der Waals surface area contributed by atoms with Gasteiger partial charge in [-0.1, -0.05) is 41.6 Å². The molecule has 0 radical (unpaired) electrons. The molecule has 144 valence electrons. The molecule has 28 heavy (non-hydrogen) atoms. The maximum atomic E-state index is 12.3. The van der Waals surface area contributed by atoms with Crippen LogP contribution in [0.3, 0.4) is 0 Å². The highest BCUT2D eigenvalue weighted by Crippen LogP contribution is 2.18. The summed E-state index contributed by atoms with van der Waals surface area (Å²) in [6.07, 6.45) is 1.63. The Morgan fingerprint density at radius 1 is 1.21 bits per heavy atom. The summed E-state index contributed by atoms with van der Waals surface area (Å²) < 4.78 is 6.37. The Labute approximate surface area is 166 Å². The number of thioether (sulfide) groups is 1. The van der Waals surface area contributed by atoms with E-state index in [-0.39, 0.29) is 17.5 Å². The van der Waals surface area contributed by atoms with Crippen LogP contribution in [0.2, 0.25) is 0 Å². The van der Waals surface area contributed by atoms with E-state index in [0.29, 0.717) is 10.7 Å². The normalized spacial score (nSPS) is 10.9. The van der Waals surface area contributed by atoms with E-state index in [2.05, 4.69) is 20.7 Å². The average Bonchev–Trinajstić information content (AvgIpc) is 3.07. The first-order valence-corrected chi connectivity index (χ1v) is 9.41. The Bertz CT molecular complexity index is 967. The number of anilines is 1. The lowest BCUT2D eigenvalue weighted by Crippen LogP contribution is -2.14. The number of aryl methyl sites for hydroxylation is 1. The minimum absolute atomic E-state index is 0.0000331. The highest BCUT2D eigenvalue weighted by molar-refractivity contribution is 7.99. The van der Waals surface area contributed by atoms with E-state index in [0.717, 1.165) is 16.9 Å². The van der Waals surface area contributed by atoms with Crippen molar-refractivity contribution < 1.29 is 9.53 Å². The van der Waals surface area contributed by atoms with Crippen LogP contribution in [0.4, 0.5) is 5.95 Å². The molecule has 0 atom stereocenters. The van der Waals surface area contributed by atoms with Gasteiger partial charge in [-0.2, -0.15) is 5.10 Å². The van der Waals surface area contributed by atoms with Gasteiger partial charge in [-0.3, -0.25) is 4.79 Å². The second-order valence-electron chi connectivity index (χ2n) is 5.90. The Kier molecular flexibility index (Phi) is 6.28. The van der Waals surface area contributed by atoms with Crippen LogP contribution in [0.15, 0.2) is 58.8 Å². The summed E-state index contributed by atoms with van der Waals surface area (Å²) >= 11 is 1.22. The van der Waals surface area contributed by atoms with Gasteiger partial charge in [0.15, 0.2) is 5.78 Å². The van der Waals surface area contributed by atoms with Crippen molar-refractivity contribution in [3.05, 3.63) is 65.2 Å². The molecule has 0 bridgehead atoms. The predicted octanol–water partition coefficient (Wildman–Crippen LogP) is 2.73. The quantitative estimate of drug-likeness (QED) is 0.198. The van der Waals surface area contributed by atoms with E-state index in [9.17, 15) is 4.79 Å². The van der Waals surface area contributed by atoms with Gasteiger partial charge in [0.1, 0.15) is 5.75 Å². The lowest BCUT2D eigenvalue weighted by atomic mass is 10.1. The van der Waals surface area contributed by atoms with Crippen molar-refractivity contribution >= 4 is 29.7 Å². The summed E-state index contributed by atoms with van der Waals surface area (Å²) in [5.41, 5.74) is 5.39. The number of ketones is 1. The number of hydrogen-bond donors (Lipinski definition) is 2. The number of methoxy groups -OCH3 is 1. The van der Waals surface area contributed by atoms with Crippen LogP contribution < -0.4 is 16.0 Å². The number of rotatable bonds is 8. The van der Waals surface area contributed by atoms with Gasteiger partial charge >= 0.3 is 0 Å². The highest BCUT2D eigenvalue weighted by atomic mass is 32.2. The van der Waals surface area contributed by atoms with Crippen molar-refractivity contribution in [3.8, 4) is 5.75 Å². The maximum absolute atomic E-state index is 12.3. The van der Waals surface area contributed by atoms with Crippen LogP contribution >= 0.6 is 11.8 Å².